The maximum Gasteiger partial charge on any atom is 0.265 e. The summed E-state index contributed by atoms with van der Waals surface area (Å²) in [5.74, 6) is 0.941. The first-order valence-electron chi connectivity index (χ1n) is 5.75. The molecule has 0 fully saturated rings. The van der Waals surface area contributed by atoms with Crippen molar-refractivity contribution in [2.24, 2.45) is 0 Å². The van der Waals surface area contributed by atoms with Crippen LogP contribution in [0, 0.1) is 20.8 Å². The van der Waals surface area contributed by atoms with Crippen LogP contribution in [0.1, 0.15) is 22.8 Å². The second kappa shape index (κ2) is 5.41. The van der Waals surface area contributed by atoms with Crippen LogP contribution in [0.4, 0.5) is 0 Å². The van der Waals surface area contributed by atoms with Crippen molar-refractivity contribution < 1.29 is 17.7 Å². The van der Waals surface area contributed by atoms with Gasteiger partial charge in [0, 0.05) is 10.7 Å². The summed E-state index contributed by atoms with van der Waals surface area (Å²) in [4.78, 5) is 3.92. The average Bonchev–Trinajstić information content (AvgIpc) is 2.72. The predicted octanol–water partition coefficient (Wildman–Crippen LogP) is 2.50. The molecule has 1 heterocycles. The summed E-state index contributed by atoms with van der Waals surface area (Å²) in [6, 6.07) is 3.27. The Balaban J connectivity index is 2.35. The van der Waals surface area contributed by atoms with Gasteiger partial charge in [0.2, 0.25) is 0 Å². The van der Waals surface area contributed by atoms with Crippen LogP contribution in [-0.2, 0) is 15.7 Å². The van der Waals surface area contributed by atoms with Crippen molar-refractivity contribution in [2.45, 2.75) is 32.3 Å². The molecule has 108 valence electrons. The molecule has 6 nitrogen and oxygen atoms in total. The molecule has 0 aliphatic rings. The smallest absolute Gasteiger partial charge is 0.265 e. The quantitative estimate of drug-likeness (QED) is 0.806. The van der Waals surface area contributed by atoms with Crippen LogP contribution >= 0.6 is 10.7 Å². The molecule has 2 aromatic rings. The van der Waals surface area contributed by atoms with E-state index in [1.54, 1.807) is 26.8 Å². The lowest BCUT2D eigenvalue weighted by Gasteiger charge is -2.12. The number of rotatable bonds is 4. The first-order valence-corrected chi connectivity index (χ1v) is 8.06. The van der Waals surface area contributed by atoms with Crippen LogP contribution in [-0.4, -0.2) is 18.6 Å². The molecule has 1 aromatic carbocycles. The number of aryl methyl sites for hydroxylation is 3. The van der Waals surface area contributed by atoms with Gasteiger partial charge in [-0.3, -0.25) is 0 Å². The minimum atomic E-state index is -3.90. The Kier molecular flexibility index (Phi) is 4.01. The average molecular weight is 317 g/mol. The molecule has 0 aliphatic heterocycles. The highest BCUT2D eigenvalue weighted by Gasteiger charge is 2.20. The van der Waals surface area contributed by atoms with Gasteiger partial charge in [-0.1, -0.05) is 11.2 Å². The third kappa shape index (κ3) is 3.29. The van der Waals surface area contributed by atoms with Crippen molar-refractivity contribution in [2.75, 3.05) is 0 Å². The molecule has 8 heteroatoms. The van der Waals surface area contributed by atoms with Crippen LogP contribution in [0.25, 0.3) is 0 Å². The SMILES string of the molecule is Cc1cc(C)c(OCc2nc(C)no2)c(S(=O)(=O)Cl)c1. The Hall–Kier alpha value is -1.60. The number of ether oxygens (including phenoxy) is 1. The number of nitrogens with zero attached hydrogens (tertiary/aromatic N) is 2. The summed E-state index contributed by atoms with van der Waals surface area (Å²) < 4.78 is 33.6. The summed E-state index contributed by atoms with van der Waals surface area (Å²) in [5, 5.41) is 3.63. The van der Waals surface area contributed by atoms with Crippen molar-refractivity contribution in [1.82, 2.24) is 10.1 Å². The lowest BCUT2D eigenvalue weighted by Crippen LogP contribution is -2.03. The third-order valence-corrected chi connectivity index (χ3v) is 3.88. The fourth-order valence-corrected chi connectivity index (χ4v) is 2.93. The first kappa shape index (κ1) is 14.8. The molecule has 0 amide bonds. The van der Waals surface area contributed by atoms with Gasteiger partial charge in [0.15, 0.2) is 12.4 Å². The van der Waals surface area contributed by atoms with E-state index in [9.17, 15) is 8.42 Å². The Bertz CT molecular complexity index is 740. The third-order valence-electron chi connectivity index (χ3n) is 2.56. The molecule has 0 spiro atoms. The number of hydrogen-bond donors (Lipinski definition) is 0. The van der Waals surface area contributed by atoms with Gasteiger partial charge in [-0.2, -0.15) is 4.98 Å². The van der Waals surface area contributed by atoms with E-state index in [1.165, 1.54) is 6.07 Å². The van der Waals surface area contributed by atoms with Crippen molar-refractivity contribution >= 4 is 19.7 Å². The van der Waals surface area contributed by atoms with E-state index < -0.39 is 9.05 Å². The summed E-state index contributed by atoms with van der Waals surface area (Å²) in [6.45, 7) is 5.18. The molecule has 2 rings (SSSR count). The fourth-order valence-electron chi connectivity index (χ4n) is 1.81. The van der Waals surface area contributed by atoms with E-state index in [-0.39, 0.29) is 23.1 Å². The van der Waals surface area contributed by atoms with Gasteiger partial charge in [-0.25, -0.2) is 8.42 Å². The molecule has 20 heavy (non-hydrogen) atoms. The molecule has 0 radical (unpaired) electrons. The summed E-state index contributed by atoms with van der Waals surface area (Å²) >= 11 is 0. The number of aromatic nitrogens is 2. The molecule has 0 saturated carbocycles. The number of halogens is 1. The van der Waals surface area contributed by atoms with E-state index in [0.29, 0.717) is 11.4 Å². The van der Waals surface area contributed by atoms with Crippen molar-refractivity contribution in [1.29, 1.82) is 0 Å². The standard InChI is InChI=1S/C12H13ClN2O4S/c1-7-4-8(2)12(10(5-7)20(13,16)17)18-6-11-14-9(3)15-19-11/h4-5H,6H2,1-3H3. The second-order valence-electron chi connectivity index (χ2n) is 4.37. The van der Waals surface area contributed by atoms with Crippen LogP contribution in [0.15, 0.2) is 21.6 Å². The zero-order chi connectivity index (χ0) is 14.9. The van der Waals surface area contributed by atoms with Gasteiger partial charge in [0.1, 0.15) is 10.6 Å². The van der Waals surface area contributed by atoms with Gasteiger partial charge in [0.25, 0.3) is 14.9 Å². The van der Waals surface area contributed by atoms with E-state index in [2.05, 4.69) is 10.1 Å². The van der Waals surface area contributed by atoms with Gasteiger partial charge in [0.05, 0.1) is 0 Å². The molecule has 0 atom stereocenters. The lowest BCUT2D eigenvalue weighted by molar-refractivity contribution is 0.236. The van der Waals surface area contributed by atoms with Crippen LogP contribution < -0.4 is 4.74 Å². The maximum atomic E-state index is 11.6. The highest BCUT2D eigenvalue weighted by molar-refractivity contribution is 8.13. The number of hydrogen-bond acceptors (Lipinski definition) is 6. The van der Waals surface area contributed by atoms with Crippen LogP contribution in [0.3, 0.4) is 0 Å². The molecule has 0 saturated heterocycles. The molecule has 0 unspecified atom stereocenters. The molecule has 0 bridgehead atoms. The topological polar surface area (TPSA) is 82.3 Å². The van der Waals surface area contributed by atoms with Gasteiger partial charge in [-0.15, -0.1) is 0 Å². The Morgan fingerprint density at radius 2 is 2.00 bits per heavy atom. The van der Waals surface area contributed by atoms with Crippen molar-refractivity contribution in [3.63, 3.8) is 0 Å². The molecular weight excluding hydrogens is 304 g/mol. The Morgan fingerprint density at radius 1 is 1.30 bits per heavy atom. The predicted molar refractivity (Wildman–Crippen MR) is 72.3 cm³/mol. The monoisotopic (exact) mass is 316 g/mol. The van der Waals surface area contributed by atoms with Gasteiger partial charge in [-0.05, 0) is 38.0 Å². The maximum absolute atomic E-state index is 11.6. The summed E-state index contributed by atoms with van der Waals surface area (Å²) in [6.07, 6.45) is 0. The summed E-state index contributed by atoms with van der Waals surface area (Å²) in [5.41, 5.74) is 1.45. The molecular formula is C12H13ClN2O4S. The minimum absolute atomic E-state index is 0.0237. The lowest BCUT2D eigenvalue weighted by atomic mass is 10.1. The van der Waals surface area contributed by atoms with Crippen LogP contribution in [0.5, 0.6) is 5.75 Å². The highest BCUT2D eigenvalue weighted by Crippen LogP contribution is 2.32. The zero-order valence-corrected chi connectivity index (χ0v) is 12.7. The molecule has 0 N–H and O–H groups in total. The molecule has 0 aliphatic carbocycles. The van der Waals surface area contributed by atoms with Crippen LogP contribution in [0.2, 0.25) is 0 Å². The van der Waals surface area contributed by atoms with Crippen molar-refractivity contribution in [3.05, 3.63) is 35.0 Å². The van der Waals surface area contributed by atoms with E-state index in [0.717, 1.165) is 5.56 Å². The summed E-state index contributed by atoms with van der Waals surface area (Å²) in [7, 11) is 1.54. The first-order chi connectivity index (χ1) is 9.27. The van der Waals surface area contributed by atoms with Gasteiger partial charge < -0.3 is 9.26 Å². The Morgan fingerprint density at radius 3 is 2.55 bits per heavy atom. The highest BCUT2D eigenvalue weighted by atomic mass is 35.7. The molecule has 1 aromatic heterocycles. The number of benzene rings is 1. The normalized spacial score (nSPS) is 11.6. The zero-order valence-electron chi connectivity index (χ0n) is 11.2. The van der Waals surface area contributed by atoms with E-state index >= 15 is 0 Å². The van der Waals surface area contributed by atoms with E-state index in [4.69, 9.17) is 19.9 Å². The van der Waals surface area contributed by atoms with Crippen molar-refractivity contribution in [3.8, 4) is 5.75 Å². The Labute approximate surface area is 121 Å². The van der Waals surface area contributed by atoms with E-state index in [1.807, 2.05) is 0 Å². The largest absolute Gasteiger partial charge is 0.482 e. The van der Waals surface area contributed by atoms with Gasteiger partial charge >= 0.3 is 0 Å². The second-order valence-corrected chi connectivity index (χ2v) is 6.91. The minimum Gasteiger partial charge on any atom is -0.482 e. The fraction of sp³-hybridized carbons (Fsp3) is 0.333.